The van der Waals surface area contributed by atoms with Crippen LogP contribution < -0.4 is 9.80 Å². The molecule has 22 heavy (non-hydrogen) atoms. The number of phenolic OH excluding ortho intramolecular Hbond substituents is 2. The Hall–Kier alpha value is -2.69. The van der Waals surface area contributed by atoms with Crippen LogP contribution in [0.3, 0.4) is 0 Å². The quantitative estimate of drug-likeness (QED) is 0.849. The highest BCUT2D eigenvalue weighted by Gasteiger charge is 2.18. The maximum Gasteiger partial charge on any atom is 0.200 e. The molecule has 5 heteroatoms. The molecule has 0 unspecified atom stereocenters. The lowest BCUT2D eigenvalue weighted by atomic mass is 10.0. The van der Waals surface area contributed by atoms with Crippen LogP contribution in [0, 0.1) is 0 Å². The molecule has 0 heterocycles. The number of rotatable bonds is 4. The van der Waals surface area contributed by atoms with Crippen molar-refractivity contribution < 1.29 is 15.0 Å². The third-order valence-corrected chi connectivity index (χ3v) is 3.48. The number of hydrogen-bond acceptors (Lipinski definition) is 5. The van der Waals surface area contributed by atoms with Gasteiger partial charge in [-0.3, -0.25) is 4.79 Å². The van der Waals surface area contributed by atoms with Crippen molar-refractivity contribution in [1.82, 2.24) is 0 Å². The summed E-state index contributed by atoms with van der Waals surface area (Å²) in [5.74, 6) is -0.620. The van der Waals surface area contributed by atoms with E-state index in [9.17, 15) is 15.0 Å². The van der Waals surface area contributed by atoms with Gasteiger partial charge in [-0.05, 0) is 24.3 Å². The molecule has 2 rings (SSSR count). The van der Waals surface area contributed by atoms with Crippen molar-refractivity contribution in [3.05, 3.63) is 47.5 Å². The second kappa shape index (κ2) is 5.97. The van der Waals surface area contributed by atoms with Gasteiger partial charge in [0, 0.05) is 51.7 Å². The number of benzene rings is 2. The third kappa shape index (κ3) is 2.98. The average Bonchev–Trinajstić information content (AvgIpc) is 2.46. The predicted molar refractivity (Wildman–Crippen MR) is 88.3 cm³/mol. The molecule has 0 spiro atoms. The highest BCUT2D eigenvalue weighted by Crippen LogP contribution is 2.30. The Morgan fingerprint density at radius 3 is 1.41 bits per heavy atom. The first kappa shape index (κ1) is 15.7. The average molecular weight is 300 g/mol. The Kier molecular flexibility index (Phi) is 4.26. The Balaban J connectivity index is 2.40. The van der Waals surface area contributed by atoms with Gasteiger partial charge < -0.3 is 20.0 Å². The number of anilines is 2. The topological polar surface area (TPSA) is 64.0 Å². The van der Waals surface area contributed by atoms with Gasteiger partial charge in [-0.2, -0.15) is 0 Å². The van der Waals surface area contributed by atoms with E-state index in [1.54, 1.807) is 24.3 Å². The molecule has 0 fully saturated rings. The Morgan fingerprint density at radius 2 is 1.14 bits per heavy atom. The van der Waals surface area contributed by atoms with E-state index in [-0.39, 0.29) is 22.6 Å². The molecule has 0 aliphatic heterocycles. The van der Waals surface area contributed by atoms with Crippen LogP contribution in [0.1, 0.15) is 15.9 Å². The van der Waals surface area contributed by atoms with E-state index in [0.717, 1.165) is 11.4 Å². The molecule has 116 valence electrons. The summed E-state index contributed by atoms with van der Waals surface area (Å²) in [7, 11) is 7.40. The molecular formula is C17H20N2O3. The summed E-state index contributed by atoms with van der Waals surface area (Å²) in [4.78, 5) is 16.2. The van der Waals surface area contributed by atoms with Crippen molar-refractivity contribution in [1.29, 1.82) is 0 Å². The Labute approximate surface area is 130 Å². The van der Waals surface area contributed by atoms with E-state index in [1.807, 2.05) is 38.0 Å². The maximum atomic E-state index is 12.5. The van der Waals surface area contributed by atoms with Crippen molar-refractivity contribution in [3.63, 3.8) is 0 Å². The lowest BCUT2D eigenvalue weighted by molar-refractivity contribution is 0.103. The lowest BCUT2D eigenvalue weighted by Gasteiger charge is -2.15. The number of carbonyl (C=O) groups excluding carboxylic acids is 1. The first-order valence-corrected chi connectivity index (χ1v) is 6.86. The number of carbonyl (C=O) groups is 1. The highest BCUT2D eigenvalue weighted by atomic mass is 16.3. The van der Waals surface area contributed by atoms with Crippen LogP contribution in [0.15, 0.2) is 36.4 Å². The zero-order valence-electron chi connectivity index (χ0n) is 13.2. The Bertz CT molecular complexity index is 650. The SMILES string of the molecule is CN(C)c1ccc(C(=O)c2ccc(N(C)C)cc2O)c(O)c1. The standard InChI is InChI=1S/C17H20N2O3/c1-18(2)11-5-7-13(15(20)9-11)17(22)14-8-6-12(19(3)4)10-16(14)21/h5-10,20-21H,1-4H3. The van der Waals surface area contributed by atoms with Crippen LogP contribution in [-0.4, -0.2) is 44.2 Å². The second-order valence-corrected chi connectivity index (χ2v) is 5.52. The molecular weight excluding hydrogens is 280 g/mol. The van der Waals surface area contributed by atoms with Crippen LogP contribution in [0.5, 0.6) is 11.5 Å². The van der Waals surface area contributed by atoms with Crippen molar-refractivity contribution in [2.24, 2.45) is 0 Å². The minimum Gasteiger partial charge on any atom is -0.507 e. The predicted octanol–water partition coefficient (Wildman–Crippen LogP) is 2.46. The van der Waals surface area contributed by atoms with Gasteiger partial charge in [0.1, 0.15) is 11.5 Å². The zero-order chi connectivity index (χ0) is 16.4. The van der Waals surface area contributed by atoms with E-state index >= 15 is 0 Å². The third-order valence-electron chi connectivity index (χ3n) is 3.48. The fourth-order valence-electron chi connectivity index (χ4n) is 2.13. The van der Waals surface area contributed by atoms with E-state index in [0.29, 0.717) is 0 Å². The summed E-state index contributed by atoms with van der Waals surface area (Å²) in [6.45, 7) is 0. The number of aromatic hydroxyl groups is 2. The molecule has 5 nitrogen and oxygen atoms in total. The maximum absolute atomic E-state index is 12.5. The van der Waals surface area contributed by atoms with E-state index < -0.39 is 5.78 Å². The molecule has 0 aromatic heterocycles. The van der Waals surface area contributed by atoms with Gasteiger partial charge >= 0.3 is 0 Å². The molecule has 0 aliphatic rings. The lowest BCUT2D eigenvalue weighted by Crippen LogP contribution is -2.10. The van der Waals surface area contributed by atoms with E-state index in [1.165, 1.54) is 12.1 Å². The summed E-state index contributed by atoms with van der Waals surface area (Å²) in [6.07, 6.45) is 0. The highest BCUT2D eigenvalue weighted by molar-refractivity contribution is 6.12. The normalized spacial score (nSPS) is 10.4. The van der Waals surface area contributed by atoms with Gasteiger partial charge in [-0.25, -0.2) is 0 Å². The van der Waals surface area contributed by atoms with Crippen molar-refractivity contribution in [2.45, 2.75) is 0 Å². The van der Waals surface area contributed by atoms with E-state index in [2.05, 4.69) is 0 Å². The van der Waals surface area contributed by atoms with E-state index in [4.69, 9.17) is 0 Å². The molecule has 0 radical (unpaired) electrons. The van der Waals surface area contributed by atoms with Crippen LogP contribution >= 0.6 is 0 Å². The molecule has 0 atom stereocenters. The first-order chi connectivity index (χ1) is 10.3. The van der Waals surface area contributed by atoms with Crippen molar-refractivity contribution in [2.75, 3.05) is 38.0 Å². The smallest absolute Gasteiger partial charge is 0.200 e. The second-order valence-electron chi connectivity index (χ2n) is 5.52. The number of nitrogens with zero attached hydrogens (tertiary/aromatic N) is 2. The van der Waals surface area contributed by atoms with Gasteiger partial charge in [-0.1, -0.05) is 0 Å². The molecule has 0 bridgehead atoms. The first-order valence-electron chi connectivity index (χ1n) is 6.86. The fourth-order valence-corrected chi connectivity index (χ4v) is 2.13. The summed E-state index contributed by atoms with van der Waals surface area (Å²) in [6, 6.07) is 9.67. The van der Waals surface area contributed by atoms with Gasteiger partial charge in [0.25, 0.3) is 0 Å². The largest absolute Gasteiger partial charge is 0.507 e. The Morgan fingerprint density at radius 1 is 0.773 bits per heavy atom. The summed E-state index contributed by atoms with van der Waals surface area (Å²) in [5, 5.41) is 20.1. The van der Waals surface area contributed by atoms with Gasteiger partial charge in [0.15, 0.2) is 5.78 Å². The molecule has 0 saturated heterocycles. The van der Waals surface area contributed by atoms with Crippen molar-refractivity contribution in [3.8, 4) is 11.5 Å². The number of ketones is 1. The number of phenols is 2. The monoisotopic (exact) mass is 300 g/mol. The van der Waals surface area contributed by atoms with Gasteiger partial charge in [0.2, 0.25) is 0 Å². The van der Waals surface area contributed by atoms with Crippen LogP contribution in [-0.2, 0) is 0 Å². The minimum atomic E-state index is -0.411. The van der Waals surface area contributed by atoms with Crippen LogP contribution in [0.25, 0.3) is 0 Å². The van der Waals surface area contributed by atoms with Crippen LogP contribution in [0.4, 0.5) is 11.4 Å². The molecule has 0 amide bonds. The van der Waals surface area contributed by atoms with Crippen LogP contribution in [0.2, 0.25) is 0 Å². The molecule has 0 aliphatic carbocycles. The molecule has 2 N–H and O–H groups in total. The number of hydrogen-bond donors (Lipinski definition) is 2. The fraction of sp³-hybridized carbons (Fsp3) is 0.235. The van der Waals surface area contributed by atoms with Gasteiger partial charge in [-0.15, -0.1) is 0 Å². The molecule has 2 aromatic rings. The van der Waals surface area contributed by atoms with Gasteiger partial charge in [0.05, 0.1) is 11.1 Å². The zero-order valence-corrected chi connectivity index (χ0v) is 13.2. The molecule has 0 saturated carbocycles. The summed E-state index contributed by atoms with van der Waals surface area (Å²) in [5.41, 5.74) is 1.92. The van der Waals surface area contributed by atoms with Crippen molar-refractivity contribution >= 4 is 17.2 Å². The minimum absolute atomic E-state index is 0.104. The summed E-state index contributed by atoms with van der Waals surface area (Å²) < 4.78 is 0. The molecule has 2 aromatic carbocycles. The summed E-state index contributed by atoms with van der Waals surface area (Å²) >= 11 is 0.